The van der Waals surface area contributed by atoms with Crippen LogP contribution in [0.25, 0.3) is 0 Å². The van der Waals surface area contributed by atoms with Crippen LogP contribution >= 0.6 is 0 Å². The van der Waals surface area contributed by atoms with Crippen LogP contribution < -0.4 is 10.5 Å². The molecule has 1 rings (SSSR count). The van der Waals surface area contributed by atoms with Crippen LogP contribution in [0.2, 0.25) is 0 Å². The van der Waals surface area contributed by atoms with Crippen molar-refractivity contribution < 1.29 is 4.74 Å². The second kappa shape index (κ2) is 5.90. The average Bonchev–Trinajstić information content (AvgIpc) is 2.16. The largest absolute Gasteiger partial charge is 0.491 e. The first-order valence-electron chi connectivity index (χ1n) is 6.02. The molecular formula is C14H23NO. The Morgan fingerprint density at radius 1 is 1.12 bits per heavy atom. The molecule has 0 bridgehead atoms. The quantitative estimate of drug-likeness (QED) is 0.828. The van der Waals surface area contributed by atoms with Crippen molar-refractivity contribution in [2.45, 2.75) is 52.2 Å². The van der Waals surface area contributed by atoms with Crippen LogP contribution in [-0.4, -0.2) is 12.1 Å². The number of nitrogens with two attached hydrogens (primary N) is 1. The van der Waals surface area contributed by atoms with Crippen molar-refractivity contribution in [1.29, 1.82) is 0 Å². The predicted molar refractivity (Wildman–Crippen MR) is 68.9 cm³/mol. The van der Waals surface area contributed by atoms with Crippen molar-refractivity contribution in [2.75, 3.05) is 0 Å². The van der Waals surface area contributed by atoms with Crippen molar-refractivity contribution in [2.24, 2.45) is 5.73 Å². The molecule has 1 aromatic carbocycles. The van der Waals surface area contributed by atoms with Gasteiger partial charge in [0.1, 0.15) is 5.75 Å². The third-order valence-corrected chi connectivity index (χ3v) is 2.54. The molecule has 0 aromatic heterocycles. The summed E-state index contributed by atoms with van der Waals surface area (Å²) in [4.78, 5) is 0. The lowest BCUT2D eigenvalue weighted by molar-refractivity contribution is 0.238. The zero-order valence-corrected chi connectivity index (χ0v) is 10.7. The van der Waals surface area contributed by atoms with Gasteiger partial charge in [-0.1, -0.05) is 25.1 Å². The van der Waals surface area contributed by atoms with E-state index in [1.54, 1.807) is 0 Å². The van der Waals surface area contributed by atoms with Gasteiger partial charge in [-0.3, -0.25) is 0 Å². The molecule has 2 unspecified atom stereocenters. The fourth-order valence-electron chi connectivity index (χ4n) is 1.93. The summed E-state index contributed by atoms with van der Waals surface area (Å²) in [5.74, 6) is 1.43. The highest BCUT2D eigenvalue weighted by atomic mass is 16.5. The van der Waals surface area contributed by atoms with E-state index in [0.717, 1.165) is 12.2 Å². The summed E-state index contributed by atoms with van der Waals surface area (Å²) in [6.07, 6.45) is 1.20. The van der Waals surface area contributed by atoms with Crippen LogP contribution in [0.3, 0.4) is 0 Å². The van der Waals surface area contributed by atoms with Gasteiger partial charge in [-0.05, 0) is 44.7 Å². The first-order chi connectivity index (χ1) is 7.50. The molecule has 0 heterocycles. The molecule has 2 N–H and O–H groups in total. The minimum absolute atomic E-state index is 0.212. The maximum absolute atomic E-state index is 5.84. The zero-order chi connectivity index (χ0) is 12.1. The Morgan fingerprint density at radius 3 is 2.31 bits per heavy atom. The van der Waals surface area contributed by atoms with Gasteiger partial charge in [0.15, 0.2) is 0 Å². The van der Waals surface area contributed by atoms with Crippen LogP contribution in [0.4, 0.5) is 0 Å². The van der Waals surface area contributed by atoms with Gasteiger partial charge in [0.25, 0.3) is 0 Å². The Balaban J connectivity index is 2.85. The summed E-state index contributed by atoms with van der Waals surface area (Å²) in [5, 5.41) is 0. The van der Waals surface area contributed by atoms with Crippen molar-refractivity contribution in [3.63, 3.8) is 0 Å². The Bertz CT molecular complexity index is 320. The van der Waals surface area contributed by atoms with Crippen molar-refractivity contribution in [3.05, 3.63) is 29.8 Å². The molecule has 0 radical (unpaired) electrons. The Kier molecular flexibility index (Phi) is 4.81. The zero-order valence-electron chi connectivity index (χ0n) is 10.7. The summed E-state index contributed by atoms with van der Waals surface area (Å²) >= 11 is 0. The molecule has 1 aromatic rings. The normalized spacial score (nSPS) is 14.9. The molecule has 2 nitrogen and oxygen atoms in total. The number of benzene rings is 1. The number of ether oxygens (including phenoxy) is 1. The van der Waals surface area contributed by atoms with E-state index in [4.69, 9.17) is 10.5 Å². The van der Waals surface area contributed by atoms with Gasteiger partial charge in [0, 0.05) is 6.04 Å². The number of hydrogen-bond donors (Lipinski definition) is 1. The monoisotopic (exact) mass is 221 g/mol. The second-order valence-corrected chi connectivity index (χ2v) is 4.82. The lowest BCUT2D eigenvalue weighted by atomic mass is 9.94. The van der Waals surface area contributed by atoms with Crippen molar-refractivity contribution >= 4 is 0 Å². The van der Waals surface area contributed by atoms with E-state index in [1.165, 1.54) is 5.56 Å². The van der Waals surface area contributed by atoms with E-state index in [9.17, 15) is 0 Å². The van der Waals surface area contributed by atoms with E-state index in [0.29, 0.717) is 5.92 Å². The predicted octanol–water partition coefficient (Wildman–Crippen LogP) is 3.31. The first-order valence-corrected chi connectivity index (χ1v) is 6.02. The molecule has 0 saturated heterocycles. The third kappa shape index (κ3) is 3.86. The van der Waals surface area contributed by atoms with Crippen LogP contribution in [0.5, 0.6) is 5.75 Å². The summed E-state index contributed by atoms with van der Waals surface area (Å²) in [6, 6.07) is 8.46. The summed E-state index contributed by atoms with van der Waals surface area (Å²) in [5.41, 5.74) is 7.10. The van der Waals surface area contributed by atoms with Gasteiger partial charge in [-0.2, -0.15) is 0 Å². The van der Waals surface area contributed by atoms with Gasteiger partial charge >= 0.3 is 0 Å². The van der Waals surface area contributed by atoms with E-state index < -0.39 is 0 Å². The lowest BCUT2D eigenvalue weighted by Crippen LogP contribution is -2.18. The van der Waals surface area contributed by atoms with Crippen molar-refractivity contribution in [3.8, 4) is 5.75 Å². The topological polar surface area (TPSA) is 35.2 Å². The van der Waals surface area contributed by atoms with Crippen LogP contribution in [0.15, 0.2) is 24.3 Å². The Labute approximate surface area is 98.8 Å². The average molecular weight is 221 g/mol. The second-order valence-electron chi connectivity index (χ2n) is 4.82. The molecule has 0 amide bonds. The van der Waals surface area contributed by atoms with Crippen LogP contribution in [0.1, 0.15) is 45.6 Å². The molecule has 0 aliphatic carbocycles. The number of rotatable bonds is 5. The fraction of sp³-hybridized carbons (Fsp3) is 0.571. The summed E-state index contributed by atoms with van der Waals surface area (Å²) < 4.78 is 5.81. The molecule has 16 heavy (non-hydrogen) atoms. The molecule has 0 spiro atoms. The minimum atomic E-state index is 0.212. The molecular weight excluding hydrogens is 198 g/mol. The molecule has 0 aliphatic rings. The van der Waals surface area contributed by atoms with E-state index >= 15 is 0 Å². The smallest absolute Gasteiger partial charge is 0.123 e. The van der Waals surface area contributed by atoms with Gasteiger partial charge in [-0.25, -0.2) is 0 Å². The standard InChI is InChI=1S/C14H23NO/c1-10(2)16-14-8-6-5-7-13(14)11(3)9-12(4)15/h5-8,10-12H,9,15H2,1-4H3. The van der Waals surface area contributed by atoms with E-state index in [1.807, 2.05) is 32.9 Å². The molecule has 0 saturated carbocycles. The maximum Gasteiger partial charge on any atom is 0.123 e. The Hall–Kier alpha value is -1.02. The highest BCUT2D eigenvalue weighted by Crippen LogP contribution is 2.29. The van der Waals surface area contributed by atoms with Crippen molar-refractivity contribution in [1.82, 2.24) is 0 Å². The first kappa shape index (κ1) is 13.0. The number of para-hydroxylation sites is 1. The number of hydrogen-bond acceptors (Lipinski definition) is 2. The highest BCUT2D eigenvalue weighted by Gasteiger charge is 2.13. The molecule has 2 heteroatoms. The van der Waals surface area contributed by atoms with Crippen LogP contribution in [-0.2, 0) is 0 Å². The van der Waals surface area contributed by atoms with Gasteiger partial charge in [-0.15, -0.1) is 0 Å². The molecule has 0 aliphatic heterocycles. The van der Waals surface area contributed by atoms with Gasteiger partial charge < -0.3 is 10.5 Å². The van der Waals surface area contributed by atoms with Crippen LogP contribution in [0, 0.1) is 0 Å². The fourth-order valence-corrected chi connectivity index (χ4v) is 1.93. The SMILES string of the molecule is CC(N)CC(C)c1ccccc1OC(C)C. The van der Waals surface area contributed by atoms with Gasteiger partial charge in [0.2, 0.25) is 0 Å². The summed E-state index contributed by atoms with van der Waals surface area (Å²) in [7, 11) is 0. The Morgan fingerprint density at radius 2 is 1.75 bits per heavy atom. The highest BCUT2D eigenvalue weighted by molar-refractivity contribution is 5.36. The molecule has 90 valence electrons. The lowest BCUT2D eigenvalue weighted by Gasteiger charge is -2.19. The third-order valence-electron chi connectivity index (χ3n) is 2.54. The molecule has 0 fully saturated rings. The minimum Gasteiger partial charge on any atom is -0.491 e. The van der Waals surface area contributed by atoms with E-state index in [-0.39, 0.29) is 12.1 Å². The molecule has 2 atom stereocenters. The van der Waals surface area contributed by atoms with Gasteiger partial charge in [0.05, 0.1) is 6.10 Å². The van der Waals surface area contributed by atoms with E-state index in [2.05, 4.69) is 19.1 Å². The maximum atomic E-state index is 5.84. The summed E-state index contributed by atoms with van der Waals surface area (Å²) in [6.45, 7) is 8.34.